The molecule has 0 bridgehead atoms. The molecule has 3 heterocycles. The molecule has 1 aliphatic rings. The van der Waals surface area contributed by atoms with Crippen molar-refractivity contribution in [1.29, 1.82) is 0 Å². The van der Waals surface area contributed by atoms with Gasteiger partial charge in [-0.3, -0.25) is 9.88 Å². The van der Waals surface area contributed by atoms with Gasteiger partial charge in [0.15, 0.2) is 0 Å². The zero-order chi connectivity index (χ0) is 22.2. The molecule has 0 aliphatic carbocycles. The van der Waals surface area contributed by atoms with E-state index in [9.17, 15) is 4.79 Å². The van der Waals surface area contributed by atoms with E-state index in [1.54, 1.807) is 16.2 Å². The van der Waals surface area contributed by atoms with Crippen LogP contribution in [0, 0.1) is 6.92 Å². The summed E-state index contributed by atoms with van der Waals surface area (Å²) in [5.41, 5.74) is 2.39. The maximum atomic E-state index is 12.5. The summed E-state index contributed by atoms with van der Waals surface area (Å²) >= 11 is 3.51. The molecule has 1 aromatic carbocycles. The number of pyridine rings is 1. The number of hydrogen-bond acceptors (Lipinski definition) is 7. The number of nitrogens with zero attached hydrogens (tertiary/aromatic N) is 4. The summed E-state index contributed by atoms with van der Waals surface area (Å²) in [5, 5.41) is 3.25. The van der Waals surface area contributed by atoms with E-state index in [-0.39, 0.29) is 6.09 Å². The van der Waals surface area contributed by atoms with Crippen LogP contribution in [0.4, 0.5) is 4.79 Å². The Morgan fingerprint density at radius 1 is 1.06 bits per heavy atom. The summed E-state index contributed by atoms with van der Waals surface area (Å²) in [6.45, 7) is 6.14. The zero-order valence-corrected chi connectivity index (χ0v) is 19.9. The lowest BCUT2D eigenvalue weighted by molar-refractivity contribution is 0.111. The molecule has 0 spiro atoms. The second-order valence-corrected chi connectivity index (χ2v) is 9.96. The van der Waals surface area contributed by atoms with Gasteiger partial charge in [0.2, 0.25) is 0 Å². The molecule has 0 radical (unpaired) electrons. The third-order valence-corrected chi connectivity index (χ3v) is 7.26. The lowest BCUT2D eigenvalue weighted by Gasteiger charge is -2.33. The molecule has 1 saturated heterocycles. The van der Waals surface area contributed by atoms with Crippen LogP contribution in [-0.4, -0.2) is 64.3 Å². The number of rotatable bonds is 8. The first-order valence-electron chi connectivity index (χ1n) is 10.9. The molecule has 1 aliphatic heterocycles. The molecule has 168 valence electrons. The first-order chi connectivity index (χ1) is 15.7. The minimum Gasteiger partial charge on any atom is -0.410 e. The van der Waals surface area contributed by atoms with E-state index >= 15 is 0 Å². The monoisotopic (exact) mass is 468 g/mol. The number of aromatic nitrogens is 2. The second-order valence-electron chi connectivity index (χ2n) is 7.73. The van der Waals surface area contributed by atoms with E-state index in [0.29, 0.717) is 18.8 Å². The van der Waals surface area contributed by atoms with E-state index in [4.69, 9.17) is 4.74 Å². The molecule has 6 nitrogen and oxygen atoms in total. The number of thiazole rings is 1. The Kier molecular flexibility index (Phi) is 8.14. The van der Waals surface area contributed by atoms with Gasteiger partial charge in [0, 0.05) is 67.6 Å². The van der Waals surface area contributed by atoms with Crippen LogP contribution in [0.3, 0.4) is 0 Å². The second kappa shape index (κ2) is 11.4. The van der Waals surface area contributed by atoms with Gasteiger partial charge in [-0.05, 0) is 43.2 Å². The van der Waals surface area contributed by atoms with Crippen molar-refractivity contribution in [1.82, 2.24) is 19.8 Å². The van der Waals surface area contributed by atoms with Crippen LogP contribution in [0.2, 0.25) is 0 Å². The summed E-state index contributed by atoms with van der Waals surface area (Å²) in [6.07, 6.45) is 5.29. The number of piperazine rings is 1. The van der Waals surface area contributed by atoms with Gasteiger partial charge in [0.1, 0.15) is 5.75 Å². The van der Waals surface area contributed by atoms with Crippen LogP contribution in [0.15, 0.2) is 59.1 Å². The van der Waals surface area contributed by atoms with Gasteiger partial charge >= 0.3 is 6.09 Å². The van der Waals surface area contributed by atoms with Gasteiger partial charge in [-0.1, -0.05) is 12.1 Å². The molecule has 3 aromatic rings. The van der Waals surface area contributed by atoms with E-state index < -0.39 is 0 Å². The van der Waals surface area contributed by atoms with Crippen LogP contribution in [0.25, 0.3) is 0 Å². The van der Waals surface area contributed by atoms with Gasteiger partial charge < -0.3 is 9.64 Å². The van der Waals surface area contributed by atoms with Crippen molar-refractivity contribution >= 4 is 29.2 Å². The Balaban J connectivity index is 1.16. The fraction of sp³-hybridized carbons (Fsp3) is 0.375. The van der Waals surface area contributed by atoms with Crippen molar-refractivity contribution in [2.75, 3.05) is 38.5 Å². The highest BCUT2D eigenvalue weighted by Crippen LogP contribution is 2.20. The van der Waals surface area contributed by atoms with Crippen molar-refractivity contribution < 1.29 is 9.53 Å². The standard InChI is InChI=1S/C24H28N4O2S2/c1-19-26-21(18-32-19)8-12-27-13-15-28(16-14-27)24(29)30-22-4-2-20(3-5-22)9-17-31-23-6-10-25-11-7-23/h2-7,10-11,18H,8-9,12-17H2,1H3. The number of ether oxygens (including phenoxy) is 1. The highest BCUT2D eigenvalue weighted by molar-refractivity contribution is 7.99. The first-order valence-corrected chi connectivity index (χ1v) is 12.7. The molecule has 4 rings (SSSR count). The molecule has 32 heavy (non-hydrogen) atoms. The summed E-state index contributed by atoms with van der Waals surface area (Å²) in [6, 6.07) is 11.9. The predicted octanol–water partition coefficient (Wildman–Crippen LogP) is 4.54. The van der Waals surface area contributed by atoms with Gasteiger partial charge in [-0.2, -0.15) is 0 Å². The van der Waals surface area contributed by atoms with Gasteiger partial charge in [0.25, 0.3) is 0 Å². The van der Waals surface area contributed by atoms with Crippen molar-refractivity contribution in [2.24, 2.45) is 0 Å². The van der Waals surface area contributed by atoms with Crippen LogP contribution in [-0.2, 0) is 12.8 Å². The molecular weight excluding hydrogens is 440 g/mol. The number of carbonyl (C=O) groups excluding carboxylic acids is 1. The largest absolute Gasteiger partial charge is 0.415 e. The molecule has 1 fully saturated rings. The highest BCUT2D eigenvalue weighted by Gasteiger charge is 2.22. The quantitative estimate of drug-likeness (QED) is 0.453. The topological polar surface area (TPSA) is 58.6 Å². The number of aryl methyl sites for hydroxylation is 2. The molecule has 0 atom stereocenters. The third kappa shape index (κ3) is 6.79. The maximum absolute atomic E-state index is 12.5. The number of carbonyl (C=O) groups is 1. The van der Waals surface area contributed by atoms with E-state index in [1.807, 2.05) is 67.5 Å². The Morgan fingerprint density at radius 2 is 1.81 bits per heavy atom. The minimum atomic E-state index is -0.263. The number of thioether (sulfide) groups is 1. The average molecular weight is 469 g/mol. The molecule has 0 N–H and O–H groups in total. The fourth-order valence-electron chi connectivity index (χ4n) is 3.56. The minimum absolute atomic E-state index is 0.263. The Labute approximate surface area is 197 Å². The molecule has 1 amide bonds. The van der Waals surface area contributed by atoms with Gasteiger partial charge in [-0.25, -0.2) is 9.78 Å². The van der Waals surface area contributed by atoms with Crippen molar-refractivity contribution in [3.8, 4) is 5.75 Å². The van der Waals surface area contributed by atoms with Crippen LogP contribution in [0.5, 0.6) is 5.75 Å². The van der Waals surface area contributed by atoms with E-state index in [1.165, 1.54) is 10.5 Å². The lowest BCUT2D eigenvalue weighted by Crippen LogP contribution is -2.49. The van der Waals surface area contributed by atoms with Gasteiger partial charge in [0.05, 0.1) is 10.7 Å². The SMILES string of the molecule is Cc1nc(CCN2CCN(C(=O)Oc3ccc(CCSc4ccncc4)cc3)CC2)cs1. The normalized spacial score (nSPS) is 14.5. The predicted molar refractivity (Wildman–Crippen MR) is 130 cm³/mol. The number of hydrogen-bond donors (Lipinski definition) is 0. The molecule has 2 aromatic heterocycles. The molecular formula is C24H28N4O2S2. The summed E-state index contributed by atoms with van der Waals surface area (Å²) in [5.74, 6) is 1.59. The zero-order valence-electron chi connectivity index (χ0n) is 18.3. The number of amides is 1. The Morgan fingerprint density at radius 3 is 2.50 bits per heavy atom. The van der Waals surface area contributed by atoms with Crippen molar-refractivity contribution in [2.45, 2.75) is 24.7 Å². The first kappa shape index (κ1) is 22.8. The van der Waals surface area contributed by atoms with Crippen LogP contribution < -0.4 is 4.74 Å². The average Bonchev–Trinajstić information content (AvgIpc) is 3.25. The van der Waals surface area contributed by atoms with Crippen LogP contribution in [0.1, 0.15) is 16.3 Å². The molecule has 0 unspecified atom stereocenters. The van der Waals surface area contributed by atoms with Crippen molar-refractivity contribution in [3.63, 3.8) is 0 Å². The fourth-order valence-corrected chi connectivity index (χ4v) is 5.10. The summed E-state index contributed by atoms with van der Waals surface area (Å²) < 4.78 is 5.60. The van der Waals surface area contributed by atoms with E-state index in [2.05, 4.69) is 20.2 Å². The third-order valence-electron chi connectivity index (χ3n) is 5.42. The Hall–Kier alpha value is -2.42. The van der Waals surface area contributed by atoms with Crippen LogP contribution >= 0.6 is 23.1 Å². The molecule has 0 saturated carbocycles. The number of benzene rings is 1. The highest BCUT2D eigenvalue weighted by atomic mass is 32.2. The Bertz CT molecular complexity index is 987. The summed E-state index contributed by atoms with van der Waals surface area (Å²) in [4.78, 5) is 26.5. The molecule has 8 heteroatoms. The van der Waals surface area contributed by atoms with Gasteiger partial charge in [-0.15, -0.1) is 23.1 Å². The maximum Gasteiger partial charge on any atom is 0.415 e. The van der Waals surface area contributed by atoms with E-state index in [0.717, 1.165) is 48.9 Å². The van der Waals surface area contributed by atoms with Crippen molar-refractivity contribution in [3.05, 3.63) is 70.4 Å². The summed E-state index contributed by atoms with van der Waals surface area (Å²) in [7, 11) is 0. The lowest BCUT2D eigenvalue weighted by atomic mass is 10.2. The smallest absolute Gasteiger partial charge is 0.410 e.